The molecule has 2 heterocycles. The van der Waals surface area contributed by atoms with Crippen molar-refractivity contribution in [3.63, 3.8) is 0 Å². The van der Waals surface area contributed by atoms with Crippen LogP contribution in [0.1, 0.15) is 106 Å². The van der Waals surface area contributed by atoms with Crippen LogP contribution in [0.5, 0.6) is 5.75 Å². The second kappa shape index (κ2) is 28.7. The highest BCUT2D eigenvalue weighted by molar-refractivity contribution is 7.98. The van der Waals surface area contributed by atoms with E-state index in [1.165, 1.54) is 37.8 Å². The third-order valence-corrected chi connectivity index (χ3v) is 6.01. The topological polar surface area (TPSA) is 56.1 Å². The molecule has 1 amide bonds. The Bertz CT molecular complexity index is 764. The van der Waals surface area contributed by atoms with Gasteiger partial charge >= 0.3 is 0 Å². The smallest absolute Gasteiger partial charge is 0.222 e. The van der Waals surface area contributed by atoms with Crippen LogP contribution < -0.4 is 0 Å². The van der Waals surface area contributed by atoms with E-state index in [0.717, 1.165) is 56.0 Å². The molecule has 0 spiro atoms. The standard InChI is InChI=1S/C11H20N2OS.C7H7FO.C7H13N.2C3H8.C2H6/c1-15-9-12-7-4-10(5-8-12)13-6-2-3-11(13)14;1-5-2-3-7(9)6(8)4-5;1-6(2)5-7(3)8-4;2*1-3-2;1-2/h10H,2-9H2,1H3;2-4,9H,1H3;6H,3-5H2,1-2H3;2*3H2,1-2H3;1-2H3. The zero-order valence-corrected chi connectivity index (χ0v) is 28.4. The van der Waals surface area contributed by atoms with Crippen molar-refractivity contribution < 1.29 is 14.3 Å². The van der Waals surface area contributed by atoms with E-state index in [9.17, 15) is 9.18 Å². The molecule has 40 heavy (non-hydrogen) atoms. The number of phenols is 1. The van der Waals surface area contributed by atoms with Gasteiger partial charge in [0.05, 0.1) is 0 Å². The minimum absolute atomic E-state index is 0.291. The number of aliphatic imine (C=N–C) groups is 1. The summed E-state index contributed by atoms with van der Waals surface area (Å²) in [5.74, 6) is 1.32. The summed E-state index contributed by atoms with van der Waals surface area (Å²) in [6.45, 7) is 28.9. The molecule has 0 atom stereocenters. The molecule has 5 nitrogen and oxygen atoms in total. The Morgan fingerprint density at radius 1 is 1.12 bits per heavy atom. The van der Waals surface area contributed by atoms with Gasteiger partial charge in [0.15, 0.2) is 11.6 Å². The molecule has 0 saturated carbocycles. The fourth-order valence-electron chi connectivity index (χ4n) is 3.75. The van der Waals surface area contributed by atoms with E-state index < -0.39 is 5.82 Å². The van der Waals surface area contributed by atoms with E-state index in [2.05, 4.69) is 75.9 Å². The van der Waals surface area contributed by atoms with Gasteiger partial charge in [0.2, 0.25) is 5.91 Å². The second-order valence-electron chi connectivity index (χ2n) is 10.1. The Balaban J connectivity index is -0.000000475. The van der Waals surface area contributed by atoms with Gasteiger partial charge in [-0.3, -0.25) is 14.7 Å². The lowest BCUT2D eigenvalue weighted by molar-refractivity contribution is -0.130. The molecule has 2 fully saturated rings. The van der Waals surface area contributed by atoms with Gasteiger partial charge in [-0.2, -0.15) is 0 Å². The van der Waals surface area contributed by atoms with Crippen molar-refractivity contribution in [1.29, 1.82) is 0 Å². The van der Waals surface area contributed by atoms with Crippen molar-refractivity contribution in [2.75, 3.05) is 31.8 Å². The Morgan fingerprint density at radius 2 is 1.65 bits per heavy atom. The number of benzene rings is 1. The summed E-state index contributed by atoms with van der Waals surface area (Å²) < 4.78 is 12.3. The molecular formula is C33H62FN3O2S. The van der Waals surface area contributed by atoms with Gasteiger partial charge in [0.1, 0.15) is 0 Å². The van der Waals surface area contributed by atoms with Crippen molar-refractivity contribution in [1.82, 2.24) is 9.80 Å². The van der Waals surface area contributed by atoms with Crippen molar-refractivity contribution in [2.45, 2.75) is 113 Å². The minimum atomic E-state index is -0.560. The highest BCUT2D eigenvalue weighted by Gasteiger charge is 2.30. The lowest BCUT2D eigenvalue weighted by Gasteiger charge is -2.36. The fraction of sp³-hybridized carbons (Fsp3) is 0.697. The van der Waals surface area contributed by atoms with Crippen molar-refractivity contribution >= 4 is 24.4 Å². The largest absolute Gasteiger partial charge is 0.505 e. The van der Waals surface area contributed by atoms with Gasteiger partial charge in [0.25, 0.3) is 0 Å². The average molecular weight is 584 g/mol. The van der Waals surface area contributed by atoms with E-state index in [0.29, 0.717) is 17.9 Å². The monoisotopic (exact) mass is 583 g/mol. The molecule has 0 bridgehead atoms. The number of phenolic OH excluding ortho intramolecular Hbond substituents is 1. The summed E-state index contributed by atoms with van der Waals surface area (Å²) in [7, 11) is 0. The molecule has 2 saturated heterocycles. The van der Waals surface area contributed by atoms with Crippen LogP contribution in [-0.4, -0.2) is 65.3 Å². The van der Waals surface area contributed by atoms with Crippen molar-refractivity contribution in [3.8, 4) is 5.75 Å². The number of carbonyl (C=O) groups is 1. The molecule has 0 aliphatic carbocycles. The van der Waals surface area contributed by atoms with Crippen LogP contribution in [0.3, 0.4) is 0 Å². The van der Waals surface area contributed by atoms with Gasteiger partial charge in [-0.15, -0.1) is 11.8 Å². The molecule has 0 unspecified atom stereocenters. The minimum Gasteiger partial charge on any atom is -0.505 e. The van der Waals surface area contributed by atoms with Crippen LogP contribution in [0.2, 0.25) is 0 Å². The first-order valence-electron chi connectivity index (χ1n) is 15.1. The number of thioether (sulfide) groups is 1. The maximum Gasteiger partial charge on any atom is 0.222 e. The first-order chi connectivity index (χ1) is 19.0. The number of allylic oxidation sites excluding steroid dienone is 1. The quantitative estimate of drug-likeness (QED) is 0.339. The van der Waals surface area contributed by atoms with Gasteiger partial charge in [0, 0.05) is 43.7 Å². The lowest BCUT2D eigenvalue weighted by Crippen LogP contribution is -2.45. The van der Waals surface area contributed by atoms with Gasteiger partial charge < -0.3 is 10.0 Å². The number of aryl methyl sites for hydroxylation is 1. The highest BCUT2D eigenvalue weighted by Crippen LogP contribution is 2.22. The Kier molecular flexibility index (Phi) is 30.5. The van der Waals surface area contributed by atoms with Crippen LogP contribution in [0.15, 0.2) is 35.5 Å². The SMILES string of the molecule is C=NC(=C)CC(C)C.CC.CCC.CCC.CSCN1CCC(N2CCCC2=O)CC1.Cc1ccc(O)c(F)c1. The highest BCUT2D eigenvalue weighted by atomic mass is 32.2. The summed E-state index contributed by atoms with van der Waals surface area (Å²) in [4.78, 5) is 19.9. The van der Waals surface area contributed by atoms with E-state index in [-0.39, 0.29) is 5.75 Å². The molecule has 2 aliphatic rings. The second-order valence-corrected chi connectivity index (χ2v) is 11.0. The van der Waals surface area contributed by atoms with E-state index in [1.807, 2.05) is 25.6 Å². The van der Waals surface area contributed by atoms with E-state index in [4.69, 9.17) is 5.11 Å². The first kappa shape index (κ1) is 42.6. The van der Waals surface area contributed by atoms with Gasteiger partial charge in [-0.05, 0) is 69.2 Å². The number of aromatic hydroxyl groups is 1. The number of amides is 1. The third kappa shape index (κ3) is 22.9. The van der Waals surface area contributed by atoms with Crippen molar-refractivity contribution in [2.24, 2.45) is 10.9 Å². The maximum absolute atomic E-state index is 12.3. The summed E-state index contributed by atoms with van der Waals surface area (Å²) in [5.41, 5.74) is 1.70. The third-order valence-electron chi connectivity index (χ3n) is 5.39. The molecule has 1 aromatic rings. The Labute approximate surface area is 251 Å². The summed E-state index contributed by atoms with van der Waals surface area (Å²) in [5, 5.41) is 8.67. The van der Waals surface area contributed by atoms with Crippen LogP contribution in [-0.2, 0) is 4.79 Å². The molecule has 7 heteroatoms. The van der Waals surface area contributed by atoms with Crippen LogP contribution >= 0.6 is 11.8 Å². The van der Waals surface area contributed by atoms with Gasteiger partial charge in [-0.1, -0.05) is 80.9 Å². The Hall–Kier alpha value is -1.86. The number of likely N-dealkylation sites (tertiary alicyclic amines) is 2. The van der Waals surface area contributed by atoms with Gasteiger partial charge in [-0.25, -0.2) is 4.39 Å². The number of carbonyl (C=O) groups excluding carboxylic acids is 1. The number of nitrogens with zero attached hydrogens (tertiary/aromatic N) is 3. The Morgan fingerprint density at radius 3 is 1.98 bits per heavy atom. The molecular weight excluding hydrogens is 521 g/mol. The molecule has 3 rings (SSSR count). The summed E-state index contributed by atoms with van der Waals surface area (Å²) in [6.07, 6.45) is 9.81. The average Bonchev–Trinajstić information content (AvgIpc) is 3.35. The molecule has 1 aromatic carbocycles. The lowest BCUT2D eigenvalue weighted by atomic mass is 10.0. The number of halogens is 1. The first-order valence-corrected chi connectivity index (χ1v) is 16.5. The normalized spacial score (nSPS) is 14.5. The van der Waals surface area contributed by atoms with Crippen LogP contribution in [0.25, 0.3) is 0 Å². The number of piperidine rings is 1. The molecule has 0 aromatic heterocycles. The van der Waals surface area contributed by atoms with Crippen LogP contribution in [0.4, 0.5) is 4.39 Å². The van der Waals surface area contributed by atoms with E-state index >= 15 is 0 Å². The molecule has 234 valence electrons. The molecule has 0 radical (unpaired) electrons. The fourth-order valence-corrected chi connectivity index (χ4v) is 4.37. The van der Waals surface area contributed by atoms with Crippen molar-refractivity contribution in [3.05, 3.63) is 41.9 Å². The number of rotatable bonds is 6. The number of hydrogen-bond acceptors (Lipinski definition) is 5. The predicted molar refractivity (Wildman–Crippen MR) is 178 cm³/mol. The van der Waals surface area contributed by atoms with E-state index in [1.54, 1.807) is 13.0 Å². The zero-order chi connectivity index (χ0) is 31.5. The molecule has 2 aliphatic heterocycles. The molecule has 1 N–H and O–H groups in total. The van der Waals surface area contributed by atoms with Crippen LogP contribution in [0, 0.1) is 18.7 Å². The zero-order valence-electron chi connectivity index (χ0n) is 27.6. The number of hydrogen-bond donors (Lipinski definition) is 1. The predicted octanol–water partition coefficient (Wildman–Crippen LogP) is 9.34. The summed E-state index contributed by atoms with van der Waals surface area (Å²) >= 11 is 1.89. The summed E-state index contributed by atoms with van der Waals surface area (Å²) in [6, 6.07) is 4.82. The maximum atomic E-state index is 12.3.